The van der Waals surface area contributed by atoms with Gasteiger partial charge in [-0.3, -0.25) is 10.1 Å². The Morgan fingerprint density at radius 2 is 1.67 bits per heavy atom. The molecule has 0 aliphatic rings. The Hall–Kier alpha value is -3.55. The molecule has 0 saturated heterocycles. The van der Waals surface area contributed by atoms with Gasteiger partial charge >= 0.3 is 5.97 Å². The Morgan fingerprint density at radius 1 is 1.08 bits per heavy atom. The molecule has 0 aliphatic heterocycles. The summed E-state index contributed by atoms with van der Waals surface area (Å²) < 4.78 is 13.0. The van der Waals surface area contributed by atoms with Gasteiger partial charge in [-0.25, -0.2) is 14.2 Å². The van der Waals surface area contributed by atoms with Crippen LogP contribution in [0.3, 0.4) is 0 Å². The summed E-state index contributed by atoms with van der Waals surface area (Å²) in [5, 5.41) is 20.0. The summed E-state index contributed by atoms with van der Waals surface area (Å²) in [4.78, 5) is 28.5. The van der Waals surface area contributed by atoms with Crippen LogP contribution in [0.25, 0.3) is 22.6 Å². The predicted octanol–water partition coefficient (Wildman–Crippen LogP) is 3.49. The number of hydrogen-bond donors (Lipinski definition) is 2. The Labute approximate surface area is 134 Å². The van der Waals surface area contributed by atoms with Gasteiger partial charge in [0.05, 0.1) is 4.92 Å². The third kappa shape index (κ3) is 2.84. The smallest absolute Gasteiger partial charge is 0.354 e. The van der Waals surface area contributed by atoms with Crippen LogP contribution in [0.2, 0.25) is 0 Å². The van der Waals surface area contributed by atoms with Crippen molar-refractivity contribution in [1.82, 2.24) is 9.97 Å². The first-order chi connectivity index (χ1) is 11.5. The average Bonchev–Trinajstić information content (AvgIpc) is 3.01. The first-order valence-electron chi connectivity index (χ1n) is 6.80. The number of halogens is 1. The largest absolute Gasteiger partial charge is 0.477 e. The van der Waals surface area contributed by atoms with Gasteiger partial charge in [-0.2, -0.15) is 0 Å². The molecule has 0 atom stereocenters. The lowest BCUT2D eigenvalue weighted by Crippen LogP contribution is -1.99. The first-order valence-corrected chi connectivity index (χ1v) is 6.80. The summed E-state index contributed by atoms with van der Waals surface area (Å²) in [6.45, 7) is 0. The number of rotatable bonds is 4. The van der Waals surface area contributed by atoms with Crippen molar-refractivity contribution in [2.45, 2.75) is 0 Å². The molecule has 120 valence electrons. The second-order valence-corrected chi connectivity index (χ2v) is 4.93. The standard InChI is InChI=1S/C16H10FN3O4/c17-11-5-1-9(2-6-11)13-14(16(21)22)19-15(18-13)10-3-7-12(8-4-10)20(23)24/h1-8H,(H,18,19)(H,21,22). The first kappa shape index (κ1) is 15.3. The molecule has 1 aromatic heterocycles. The second kappa shape index (κ2) is 5.92. The van der Waals surface area contributed by atoms with Crippen LogP contribution in [0.5, 0.6) is 0 Å². The summed E-state index contributed by atoms with van der Waals surface area (Å²) in [5.41, 5.74) is 0.878. The third-order valence-corrected chi connectivity index (χ3v) is 3.39. The summed E-state index contributed by atoms with van der Waals surface area (Å²) in [5.74, 6) is -1.40. The van der Waals surface area contributed by atoms with Gasteiger partial charge in [0.15, 0.2) is 5.69 Å². The third-order valence-electron chi connectivity index (χ3n) is 3.39. The van der Waals surface area contributed by atoms with Crippen molar-refractivity contribution >= 4 is 11.7 Å². The van der Waals surface area contributed by atoms with Crippen LogP contribution in [0.1, 0.15) is 10.5 Å². The highest BCUT2D eigenvalue weighted by atomic mass is 19.1. The van der Waals surface area contributed by atoms with Gasteiger partial charge in [-0.1, -0.05) is 0 Å². The number of aromatic nitrogens is 2. The van der Waals surface area contributed by atoms with Gasteiger partial charge < -0.3 is 10.1 Å². The summed E-state index contributed by atoms with van der Waals surface area (Å²) in [6, 6.07) is 10.8. The van der Waals surface area contributed by atoms with Crippen molar-refractivity contribution in [3.05, 3.63) is 70.2 Å². The topological polar surface area (TPSA) is 109 Å². The minimum absolute atomic E-state index is 0.0810. The van der Waals surface area contributed by atoms with Crippen molar-refractivity contribution in [1.29, 1.82) is 0 Å². The number of carbonyl (C=O) groups is 1. The lowest BCUT2D eigenvalue weighted by atomic mass is 10.1. The summed E-state index contributed by atoms with van der Waals surface area (Å²) in [6.07, 6.45) is 0. The number of carboxylic acids is 1. The highest BCUT2D eigenvalue weighted by Crippen LogP contribution is 2.27. The zero-order chi connectivity index (χ0) is 17.3. The number of imidazole rings is 1. The molecule has 2 aromatic carbocycles. The molecule has 1 heterocycles. The minimum Gasteiger partial charge on any atom is -0.477 e. The van der Waals surface area contributed by atoms with Gasteiger partial charge in [0.1, 0.15) is 17.3 Å². The fraction of sp³-hybridized carbons (Fsp3) is 0. The monoisotopic (exact) mass is 327 g/mol. The van der Waals surface area contributed by atoms with Crippen LogP contribution in [-0.4, -0.2) is 26.0 Å². The van der Waals surface area contributed by atoms with E-state index in [1.165, 1.54) is 48.5 Å². The fourth-order valence-corrected chi connectivity index (χ4v) is 2.22. The molecule has 0 radical (unpaired) electrons. The summed E-state index contributed by atoms with van der Waals surface area (Å²) >= 11 is 0. The highest BCUT2D eigenvalue weighted by Gasteiger charge is 2.19. The number of non-ortho nitro benzene ring substituents is 1. The van der Waals surface area contributed by atoms with Crippen molar-refractivity contribution < 1.29 is 19.2 Å². The summed E-state index contributed by atoms with van der Waals surface area (Å²) in [7, 11) is 0. The number of H-pyrrole nitrogens is 1. The zero-order valence-corrected chi connectivity index (χ0v) is 12.1. The van der Waals surface area contributed by atoms with Gasteiger partial charge in [0.25, 0.3) is 5.69 Å². The number of benzene rings is 2. The minimum atomic E-state index is -1.21. The van der Waals surface area contributed by atoms with E-state index in [9.17, 15) is 24.4 Å². The lowest BCUT2D eigenvalue weighted by Gasteiger charge is -1.98. The van der Waals surface area contributed by atoms with Crippen LogP contribution >= 0.6 is 0 Å². The van der Waals surface area contributed by atoms with Crippen molar-refractivity contribution in [3.8, 4) is 22.6 Å². The van der Waals surface area contributed by atoms with Crippen LogP contribution in [0, 0.1) is 15.9 Å². The van der Waals surface area contributed by atoms with E-state index < -0.39 is 16.7 Å². The van der Waals surface area contributed by atoms with E-state index in [0.717, 1.165) is 0 Å². The molecule has 3 aromatic rings. The Morgan fingerprint density at radius 3 is 2.21 bits per heavy atom. The van der Waals surface area contributed by atoms with Crippen LogP contribution < -0.4 is 0 Å². The molecule has 0 saturated carbocycles. The van der Waals surface area contributed by atoms with Gasteiger partial charge in [-0.15, -0.1) is 0 Å². The highest BCUT2D eigenvalue weighted by molar-refractivity contribution is 5.94. The molecule has 3 rings (SSSR count). The number of nitro groups is 1. The normalized spacial score (nSPS) is 10.5. The quantitative estimate of drug-likeness (QED) is 0.563. The number of nitrogens with zero attached hydrogens (tertiary/aromatic N) is 2. The van der Waals surface area contributed by atoms with E-state index >= 15 is 0 Å². The van der Waals surface area contributed by atoms with Gasteiger partial charge in [0.2, 0.25) is 0 Å². The van der Waals surface area contributed by atoms with Crippen molar-refractivity contribution in [3.63, 3.8) is 0 Å². The van der Waals surface area contributed by atoms with E-state index in [4.69, 9.17) is 0 Å². The van der Waals surface area contributed by atoms with E-state index in [-0.39, 0.29) is 22.9 Å². The molecule has 0 unspecified atom stereocenters. The predicted molar refractivity (Wildman–Crippen MR) is 83.0 cm³/mol. The fourth-order valence-electron chi connectivity index (χ4n) is 2.22. The Kier molecular flexibility index (Phi) is 3.78. The number of nitrogens with one attached hydrogen (secondary N) is 1. The number of aromatic amines is 1. The number of aromatic carboxylic acids is 1. The maximum atomic E-state index is 13.0. The molecule has 24 heavy (non-hydrogen) atoms. The number of carboxylic acid groups (broad SMARTS) is 1. The molecule has 2 N–H and O–H groups in total. The average molecular weight is 327 g/mol. The maximum Gasteiger partial charge on any atom is 0.354 e. The molecule has 0 fully saturated rings. The number of hydrogen-bond acceptors (Lipinski definition) is 4. The number of nitro benzene ring substituents is 1. The van der Waals surface area contributed by atoms with Crippen molar-refractivity contribution in [2.75, 3.05) is 0 Å². The van der Waals surface area contributed by atoms with Gasteiger partial charge in [-0.05, 0) is 36.4 Å². The van der Waals surface area contributed by atoms with E-state index in [1.807, 2.05) is 0 Å². The van der Waals surface area contributed by atoms with E-state index in [1.54, 1.807) is 0 Å². The van der Waals surface area contributed by atoms with Crippen LogP contribution in [-0.2, 0) is 0 Å². The lowest BCUT2D eigenvalue weighted by molar-refractivity contribution is -0.384. The Balaban J connectivity index is 2.07. The zero-order valence-electron chi connectivity index (χ0n) is 12.1. The van der Waals surface area contributed by atoms with Gasteiger partial charge in [0, 0.05) is 23.3 Å². The molecule has 0 bridgehead atoms. The molecule has 0 aliphatic carbocycles. The SMILES string of the molecule is O=C(O)c1[nH]c(-c2ccc([N+](=O)[O-])cc2)nc1-c1ccc(F)cc1. The Bertz CT molecular complexity index is 918. The van der Waals surface area contributed by atoms with Crippen molar-refractivity contribution in [2.24, 2.45) is 0 Å². The molecular formula is C16H10FN3O4. The van der Waals surface area contributed by atoms with E-state index in [2.05, 4.69) is 9.97 Å². The maximum absolute atomic E-state index is 13.0. The molecule has 7 nitrogen and oxygen atoms in total. The van der Waals surface area contributed by atoms with Crippen LogP contribution in [0.15, 0.2) is 48.5 Å². The molecule has 8 heteroatoms. The molecular weight excluding hydrogens is 317 g/mol. The molecule has 0 spiro atoms. The second-order valence-electron chi connectivity index (χ2n) is 4.93. The van der Waals surface area contributed by atoms with Crippen LogP contribution in [0.4, 0.5) is 10.1 Å². The van der Waals surface area contributed by atoms with E-state index in [0.29, 0.717) is 11.1 Å². The molecule has 0 amide bonds.